The molecule has 0 atom stereocenters. The van der Waals surface area contributed by atoms with Gasteiger partial charge in [0.15, 0.2) is 0 Å². The van der Waals surface area contributed by atoms with Gasteiger partial charge in [0.1, 0.15) is 0 Å². The number of hydrogen-bond acceptors (Lipinski definition) is 4. The van der Waals surface area contributed by atoms with Crippen molar-refractivity contribution in [2.45, 2.75) is 6.92 Å². The summed E-state index contributed by atoms with van der Waals surface area (Å²) in [6, 6.07) is 2.97. The summed E-state index contributed by atoms with van der Waals surface area (Å²) in [4.78, 5) is 22.8. The molecule has 0 unspecified atom stereocenters. The average molecular weight is 357 g/mol. The van der Waals surface area contributed by atoms with Gasteiger partial charge in [0.2, 0.25) is 5.91 Å². The minimum atomic E-state index is -0.354. The maximum atomic E-state index is 11.7. The second kappa shape index (κ2) is 8.62. The highest BCUT2D eigenvalue weighted by Crippen LogP contribution is 2.33. The molecule has 0 aliphatic heterocycles. The SMILES string of the molecule is CCOC(=O)CSCC(=O)Nc1c(Cl)cc(Cl)cc1Cl. The number of carbonyl (C=O) groups excluding carboxylic acids is 2. The van der Waals surface area contributed by atoms with E-state index in [1.54, 1.807) is 6.92 Å². The van der Waals surface area contributed by atoms with E-state index in [0.29, 0.717) is 17.3 Å². The Morgan fingerprint density at radius 1 is 1.20 bits per heavy atom. The van der Waals surface area contributed by atoms with E-state index in [0.717, 1.165) is 11.8 Å². The number of carbonyl (C=O) groups is 2. The van der Waals surface area contributed by atoms with Crippen LogP contribution in [-0.2, 0) is 14.3 Å². The Bertz CT molecular complexity index is 488. The molecule has 1 N–H and O–H groups in total. The van der Waals surface area contributed by atoms with Crippen molar-refractivity contribution < 1.29 is 14.3 Å². The molecule has 1 aromatic carbocycles. The number of anilines is 1. The molecule has 0 saturated carbocycles. The van der Waals surface area contributed by atoms with Crippen LogP contribution in [0.3, 0.4) is 0 Å². The number of halogens is 3. The topological polar surface area (TPSA) is 55.4 Å². The summed E-state index contributed by atoms with van der Waals surface area (Å²) in [5.74, 6) is -0.462. The standard InChI is InChI=1S/C12H12Cl3NO3S/c1-2-19-11(18)6-20-5-10(17)16-12-8(14)3-7(13)4-9(12)15/h3-4H,2,5-6H2,1H3,(H,16,17). The number of ether oxygens (including phenoxy) is 1. The lowest BCUT2D eigenvalue weighted by Gasteiger charge is -2.09. The monoisotopic (exact) mass is 355 g/mol. The first-order valence-corrected chi connectivity index (χ1v) is 7.90. The summed E-state index contributed by atoms with van der Waals surface area (Å²) >= 11 is 18.8. The minimum absolute atomic E-state index is 0.0914. The van der Waals surface area contributed by atoms with Gasteiger partial charge in [-0.25, -0.2) is 0 Å². The van der Waals surface area contributed by atoms with E-state index in [1.807, 2.05) is 0 Å². The number of benzene rings is 1. The van der Waals surface area contributed by atoms with Gasteiger partial charge in [0, 0.05) is 5.02 Å². The fourth-order valence-electron chi connectivity index (χ4n) is 1.27. The highest BCUT2D eigenvalue weighted by atomic mass is 35.5. The van der Waals surface area contributed by atoms with E-state index >= 15 is 0 Å². The molecule has 0 bridgehead atoms. The number of amides is 1. The van der Waals surface area contributed by atoms with Crippen LogP contribution in [0.4, 0.5) is 5.69 Å². The van der Waals surface area contributed by atoms with Gasteiger partial charge in [-0.05, 0) is 19.1 Å². The van der Waals surface area contributed by atoms with Gasteiger partial charge in [-0.3, -0.25) is 9.59 Å². The van der Waals surface area contributed by atoms with E-state index in [1.165, 1.54) is 12.1 Å². The second-order valence-electron chi connectivity index (χ2n) is 3.59. The normalized spacial score (nSPS) is 10.2. The van der Waals surface area contributed by atoms with Crippen molar-refractivity contribution in [3.05, 3.63) is 27.2 Å². The van der Waals surface area contributed by atoms with E-state index in [9.17, 15) is 9.59 Å². The van der Waals surface area contributed by atoms with Gasteiger partial charge in [-0.2, -0.15) is 0 Å². The third kappa shape index (κ3) is 5.79. The molecule has 0 radical (unpaired) electrons. The molecule has 110 valence electrons. The predicted octanol–water partition coefficient (Wildman–Crippen LogP) is 3.88. The molecule has 1 rings (SSSR count). The third-order valence-electron chi connectivity index (χ3n) is 2.03. The zero-order chi connectivity index (χ0) is 15.1. The van der Waals surface area contributed by atoms with Crippen LogP contribution in [0.2, 0.25) is 15.1 Å². The average Bonchev–Trinajstić information content (AvgIpc) is 2.34. The first-order valence-electron chi connectivity index (χ1n) is 5.61. The molecule has 4 nitrogen and oxygen atoms in total. The maximum absolute atomic E-state index is 11.7. The highest BCUT2D eigenvalue weighted by molar-refractivity contribution is 8.00. The van der Waals surface area contributed by atoms with Crippen LogP contribution in [0.25, 0.3) is 0 Å². The van der Waals surface area contributed by atoms with E-state index in [4.69, 9.17) is 39.5 Å². The predicted molar refractivity (Wildman–Crippen MR) is 84.1 cm³/mol. The molecular weight excluding hydrogens is 345 g/mol. The van der Waals surface area contributed by atoms with Gasteiger partial charge < -0.3 is 10.1 Å². The smallest absolute Gasteiger partial charge is 0.315 e. The van der Waals surface area contributed by atoms with Gasteiger partial charge in [0.25, 0.3) is 0 Å². The van der Waals surface area contributed by atoms with Gasteiger partial charge >= 0.3 is 5.97 Å². The summed E-state index contributed by atoms with van der Waals surface area (Å²) < 4.78 is 4.75. The van der Waals surface area contributed by atoms with Crippen LogP contribution in [0.1, 0.15) is 6.92 Å². The lowest BCUT2D eigenvalue weighted by Crippen LogP contribution is -2.16. The highest BCUT2D eigenvalue weighted by Gasteiger charge is 2.12. The molecule has 0 spiro atoms. The maximum Gasteiger partial charge on any atom is 0.315 e. The fraction of sp³-hybridized carbons (Fsp3) is 0.333. The van der Waals surface area contributed by atoms with E-state index in [2.05, 4.69) is 5.32 Å². The van der Waals surface area contributed by atoms with Crippen LogP contribution in [0.15, 0.2) is 12.1 Å². The summed E-state index contributed by atoms with van der Waals surface area (Å²) in [5, 5.41) is 3.47. The van der Waals surface area contributed by atoms with Crippen LogP contribution in [0, 0.1) is 0 Å². The summed E-state index contributed by atoms with van der Waals surface area (Å²) in [6.45, 7) is 2.04. The quantitative estimate of drug-likeness (QED) is 0.786. The Morgan fingerprint density at radius 2 is 1.80 bits per heavy atom. The molecule has 8 heteroatoms. The summed E-state index contributed by atoms with van der Waals surface area (Å²) in [6.07, 6.45) is 0. The lowest BCUT2D eigenvalue weighted by molar-refractivity contribution is -0.139. The molecule has 0 fully saturated rings. The van der Waals surface area contributed by atoms with Gasteiger partial charge in [-0.1, -0.05) is 34.8 Å². The first kappa shape index (κ1) is 17.4. The molecule has 20 heavy (non-hydrogen) atoms. The number of esters is 1. The van der Waals surface area contributed by atoms with Crippen molar-refractivity contribution in [3.8, 4) is 0 Å². The Morgan fingerprint density at radius 3 is 2.35 bits per heavy atom. The van der Waals surface area contributed by atoms with Crippen molar-refractivity contribution in [2.75, 3.05) is 23.4 Å². The molecule has 0 saturated heterocycles. The largest absolute Gasteiger partial charge is 0.465 e. The van der Waals surface area contributed by atoms with Crippen molar-refractivity contribution in [1.29, 1.82) is 0 Å². The molecule has 1 amide bonds. The van der Waals surface area contributed by atoms with Gasteiger partial charge in [-0.15, -0.1) is 11.8 Å². The molecular formula is C12H12Cl3NO3S. The Hall–Kier alpha value is -0.620. The minimum Gasteiger partial charge on any atom is -0.465 e. The van der Waals surface area contributed by atoms with Gasteiger partial charge in [0.05, 0.1) is 33.8 Å². The van der Waals surface area contributed by atoms with E-state index < -0.39 is 0 Å². The van der Waals surface area contributed by atoms with Crippen molar-refractivity contribution in [2.24, 2.45) is 0 Å². The third-order valence-corrected chi connectivity index (χ3v) is 3.75. The Labute approximate surface area is 136 Å². The molecule has 0 aliphatic rings. The van der Waals surface area contributed by atoms with E-state index in [-0.39, 0.29) is 33.4 Å². The zero-order valence-corrected chi connectivity index (χ0v) is 13.6. The van der Waals surface area contributed by atoms with Crippen molar-refractivity contribution >= 4 is 64.1 Å². The zero-order valence-electron chi connectivity index (χ0n) is 10.5. The van der Waals surface area contributed by atoms with Crippen LogP contribution in [-0.4, -0.2) is 30.0 Å². The lowest BCUT2D eigenvalue weighted by atomic mass is 10.3. The Kier molecular flexibility index (Phi) is 7.51. The summed E-state index contributed by atoms with van der Waals surface area (Å²) in [5.41, 5.74) is 0.305. The molecule has 0 aliphatic carbocycles. The van der Waals surface area contributed by atoms with Crippen LogP contribution < -0.4 is 5.32 Å². The van der Waals surface area contributed by atoms with Crippen molar-refractivity contribution in [3.63, 3.8) is 0 Å². The number of rotatable bonds is 6. The second-order valence-corrected chi connectivity index (χ2v) is 5.83. The van der Waals surface area contributed by atoms with Crippen molar-refractivity contribution in [1.82, 2.24) is 0 Å². The van der Waals surface area contributed by atoms with Crippen LogP contribution >= 0.6 is 46.6 Å². The molecule has 0 aromatic heterocycles. The molecule has 0 heterocycles. The van der Waals surface area contributed by atoms with Crippen LogP contribution in [0.5, 0.6) is 0 Å². The summed E-state index contributed by atoms with van der Waals surface area (Å²) in [7, 11) is 0. The Balaban J connectivity index is 2.49. The number of nitrogens with one attached hydrogen (secondary N) is 1. The number of thioether (sulfide) groups is 1. The fourth-order valence-corrected chi connectivity index (χ4v) is 2.79. The molecule has 1 aromatic rings. The first-order chi connectivity index (χ1) is 9.43. The number of hydrogen-bond donors (Lipinski definition) is 1.